The number of sulfone groups is 1. The molecule has 3 rings (SSSR count). The minimum atomic E-state index is -3.80. The fourth-order valence-electron chi connectivity index (χ4n) is 2.53. The third kappa shape index (κ3) is 4.50. The van der Waals surface area contributed by atoms with E-state index in [9.17, 15) is 26.8 Å². The molecule has 0 radical (unpaired) electrons. The zero-order valence-electron chi connectivity index (χ0n) is 14.7. The van der Waals surface area contributed by atoms with E-state index in [4.69, 9.17) is 0 Å². The second kappa shape index (κ2) is 7.88. The van der Waals surface area contributed by atoms with Gasteiger partial charge in [-0.25, -0.2) is 17.2 Å². The van der Waals surface area contributed by atoms with Gasteiger partial charge in [0.1, 0.15) is 11.6 Å². The van der Waals surface area contributed by atoms with Crippen LogP contribution in [-0.4, -0.2) is 31.2 Å². The Balaban J connectivity index is 1.68. The van der Waals surface area contributed by atoms with Gasteiger partial charge in [-0.15, -0.1) is 11.8 Å². The third-order valence-electron chi connectivity index (χ3n) is 4.04. The molecule has 0 spiro atoms. The van der Waals surface area contributed by atoms with E-state index in [1.54, 1.807) is 13.0 Å². The van der Waals surface area contributed by atoms with Crippen molar-refractivity contribution in [3.63, 3.8) is 0 Å². The quantitative estimate of drug-likeness (QED) is 0.766. The number of carbonyl (C=O) groups is 2. The Labute approximate surface area is 164 Å². The normalized spacial score (nSPS) is 16.2. The third-order valence-corrected chi connectivity index (χ3v) is 6.94. The maximum absolute atomic E-state index is 13.6. The van der Waals surface area contributed by atoms with Crippen molar-refractivity contribution in [2.75, 3.05) is 16.4 Å². The molecule has 1 atom stereocenters. The van der Waals surface area contributed by atoms with Crippen LogP contribution in [0.4, 0.5) is 20.2 Å². The van der Waals surface area contributed by atoms with Gasteiger partial charge in [0.05, 0.1) is 27.3 Å². The Hall–Kier alpha value is -2.46. The molecule has 0 aromatic heterocycles. The molecule has 0 saturated carbocycles. The summed E-state index contributed by atoms with van der Waals surface area (Å²) in [5.41, 5.74) is 0.179. The average molecular weight is 426 g/mol. The second-order valence-corrected chi connectivity index (χ2v) is 9.64. The lowest BCUT2D eigenvalue weighted by atomic mass is 10.3. The number of fused-ring (bicyclic) bond motifs is 1. The number of hydrogen-bond acceptors (Lipinski definition) is 5. The van der Waals surface area contributed by atoms with Crippen LogP contribution >= 0.6 is 11.8 Å². The van der Waals surface area contributed by atoms with E-state index >= 15 is 0 Å². The van der Waals surface area contributed by atoms with Crippen LogP contribution in [0.15, 0.2) is 46.2 Å². The van der Waals surface area contributed by atoms with Crippen LogP contribution < -0.4 is 10.6 Å². The molecular weight excluding hydrogens is 410 g/mol. The Morgan fingerprint density at radius 2 is 1.96 bits per heavy atom. The highest BCUT2D eigenvalue weighted by Crippen LogP contribution is 2.36. The summed E-state index contributed by atoms with van der Waals surface area (Å²) in [7, 11) is -3.80. The Kier molecular flexibility index (Phi) is 5.71. The Bertz CT molecular complexity index is 1060. The maximum Gasteiger partial charge on any atom is 0.237 e. The van der Waals surface area contributed by atoms with E-state index in [0.717, 1.165) is 17.0 Å². The smallest absolute Gasteiger partial charge is 0.237 e. The van der Waals surface area contributed by atoms with E-state index in [0.29, 0.717) is 11.8 Å². The van der Waals surface area contributed by atoms with Crippen LogP contribution in [0.2, 0.25) is 0 Å². The molecule has 0 aliphatic carbocycles. The van der Waals surface area contributed by atoms with Crippen molar-refractivity contribution in [2.45, 2.75) is 28.4 Å². The van der Waals surface area contributed by atoms with Crippen molar-refractivity contribution in [1.29, 1.82) is 0 Å². The largest absolute Gasteiger partial charge is 0.324 e. The van der Waals surface area contributed by atoms with E-state index in [-0.39, 0.29) is 21.7 Å². The second-order valence-electron chi connectivity index (χ2n) is 6.15. The van der Waals surface area contributed by atoms with Gasteiger partial charge in [0.15, 0.2) is 9.84 Å². The molecule has 2 aromatic carbocycles. The molecule has 0 fully saturated rings. The molecule has 0 unspecified atom stereocenters. The maximum atomic E-state index is 13.6. The van der Waals surface area contributed by atoms with Gasteiger partial charge in [0, 0.05) is 17.4 Å². The summed E-state index contributed by atoms with van der Waals surface area (Å²) in [4.78, 5) is 24.4. The van der Waals surface area contributed by atoms with Crippen molar-refractivity contribution in [3.8, 4) is 0 Å². The molecule has 1 heterocycles. The Morgan fingerprint density at radius 3 is 2.68 bits per heavy atom. The summed E-state index contributed by atoms with van der Waals surface area (Å²) in [6.45, 7) is 1.75. The fraction of sp³-hybridized carbons (Fsp3) is 0.222. The number of halogens is 2. The van der Waals surface area contributed by atoms with Crippen molar-refractivity contribution < 1.29 is 26.8 Å². The summed E-state index contributed by atoms with van der Waals surface area (Å²) >= 11 is 1.33. The zero-order valence-corrected chi connectivity index (χ0v) is 16.3. The van der Waals surface area contributed by atoms with Crippen LogP contribution in [0.3, 0.4) is 0 Å². The molecule has 2 aromatic rings. The highest BCUT2D eigenvalue weighted by molar-refractivity contribution is 8.01. The van der Waals surface area contributed by atoms with E-state index in [1.807, 2.05) is 0 Å². The first-order chi connectivity index (χ1) is 13.2. The molecule has 2 amide bonds. The van der Waals surface area contributed by atoms with Gasteiger partial charge >= 0.3 is 0 Å². The molecule has 28 heavy (non-hydrogen) atoms. The number of nitrogens with one attached hydrogen (secondary N) is 2. The van der Waals surface area contributed by atoms with Gasteiger partial charge in [-0.3, -0.25) is 9.59 Å². The van der Waals surface area contributed by atoms with Crippen molar-refractivity contribution in [2.24, 2.45) is 0 Å². The molecule has 148 valence electrons. The van der Waals surface area contributed by atoms with Gasteiger partial charge in [-0.05, 0) is 37.3 Å². The molecular formula is C18H16F2N2O4S2. The first-order valence-electron chi connectivity index (χ1n) is 8.25. The van der Waals surface area contributed by atoms with Crippen LogP contribution in [0.1, 0.15) is 13.3 Å². The van der Waals surface area contributed by atoms with Crippen LogP contribution in [0, 0.1) is 11.6 Å². The van der Waals surface area contributed by atoms with Crippen molar-refractivity contribution in [3.05, 3.63) is 48.0 Å². The fourth-order valence-corrected chi connectivity index (χ4v) is 4.72. The molecule has 0 bridgehead atoms. The lowest BCUT2D eigenvalue weighted by Gasteiger charge is -2.21. The summed E-state index contributed by atoms with van der Waals surface area (Å²) < 4.78 is 51.5. The molecule has 0 saturated heterocycles. The monoisotopic (exact) mass is 426 g/mol. The predicted molar refractivity (Wildman–Crippen MR) is 102 cm³/mol. The number of amides is 2. The van der Waals surface area contributed by atoms with Gasteiger partial charge < -0.3 is 10.6 Å². The summed E-state index contributed by atoms with van der Waals surface area (Å²) in [5.74, 6) is -3.17. The molecule has 6 nitrogen and oxygen atoms in total. The number of hydrogen-bond donors (Lipinski definition) is 2. The lowest BCUT2D eigenvalue weighted by Crippen LogP contribution is -2.26. The van der Waals surface area contributed by atoms with Gasteiger partial charge in [0.2, 0.25) is 11.8 Å². The minimum absolute atomic E-state index is 0.0255. The van der Waals surface area contributed by atoms with Gasteiger partial charge in [0.25, 0.3) is 0 Å². The molecule has 1 aliphatic rings. The first-order valence-corrected chi connectivity index (χ1v) is 10.8. The summed E-state index contributed by atoms with van der Waals surface area (Å²) in [6.07, 6.45) is -0.408. The summed E-state index contributed by atoms with van der Waals surface area (Å²) in [6, 6.07) is 7.04. The SMILES string of the molecule is C[C@H]1Sc2ccc(S(=O)(=O)CCC(=O)Nc3ccc(F)cc3F)cc2NC1=O. The highest BCUT2D eigenvalue weighted by Gasteiger charge is 2.25. The lowest BCUT2D eigenvalue weighted by molar-refractivity contribution is -0.116. The van der Waals surface area contributed by atoms with Crippen LogP contribution in [0.5, 0.6) is 0 Å². The van der Waals surface area contributed by atoms with Crippen molar-refractivity contribution >= 4 is 44.8 Å². The molecule has 10 heteroatoms. The highest BCUT2D eigenvalue weighted by atomic mass is 32.2. The molecule has 1 aliphatic heterocycles. The number of anilines is 2. The van der Waals surface area contributed by atoms with Crippen molar-refractivity contribution in [1.82, 2.24) is 0 Å². The van der Waals surface area contributed by atoms with Crippen LogP contribution in [-0.2, 0) is 19.4 Å². The van der Waals surface area contributed by atoms with E-state index in [1.165, 1.54) is 23.9 Å². The Morgan fingerprint density at radius 1 is 1.21 bits per heavy atom. The topological polar surface area (TPSA) is 92.3 Å². The van der Waals surface area contributed by atoms with Crippen LogP contribution in [0.25, 0.3) is 0 Å². The van der Waals surface area contributed by atoms with E-state index < -0.39 is 39.6 Å². The van der Waals surface area contributed by atoms with Gasteiger partial charge in [-0.1, -0.05) is 0 Å². The summed E-state index contributed by atoms with van der Waals surface area (Å²) in [5, 5.41) is 4.60. The number of carbonyl (C=O) groups excluding carboxylic acids is 2. The predicted octanol–water partition coefficient (Wildman–Crippen LogP) is 3.20. The first kappa shape index (κ1) is 20.3. The standard InChI is InChI=1S/C18H16F2N2O4S2/c1-10-18(24)22-15-9-12(3-5-16(15)27-10)28(25,26)7-6-17(23)21-14-4-2-11(19)8-13(14)20/h2-5,8-10H,6-7H2,1H3,(H,21,23)(H,22,24)/t10-/m1/s1. The number of benzene rings is 2. The number of thioether (sulfide) groups is 1. The molecule has 2 N–H and O–H groups in total. The number of rotatable bonds is 5. The minimum Gasteiger partial charge on any atom is -0.324 e. The average Bonchev–Trinajstić information content (AvgIpc) is 2.63. The van der Waals surface area contributed by atoms with E-state index in [2.05, 4.69) is 10.6 Å². The zero-order chi connectivity index (χ0) is 20.5. The van der Waals surface area contributed by atoms with Gasteiger partial charge in [-0.2, -0.15) is 0 Å².